The molecule has 4 rings (SSSR count). The fraction of sp³-hybridized carbons (Fsp3) is 0.263. The molecule has 1 saturated carbocycles. The predicted molar refractivity (Wildman–Crippen MR) is 93.3 cm³/mol. The van der Waals surface area contributed by atoms with Crippen LogP contribution in [0, 0.1) is 11.6 Å². The van der Waals surface area contributed by atoms with Crippen LogP contribution in [-0.2, 0) is 6.54 Å². The highest BCUT2D eigenvalue weighted by Crippen LogP contribution is 2.34. The van der Waals surface area contributed by atoms with Gasteiger partial charge in [-0.05, 0) is 30.5 Å². The first-order valence-corrected chi connectivity index (χ1v) is 8.29. The second-order valence-electron chi connectivity index (χ2n) is 6.35. The summed E-state index contributed by atoms with van der Waals surface area (Å²) in [4.78, 5) is 10.8. The van der Waals surface area contributed by atoms with Gasteiger partial charge in [-0.25, -0.2) is 13.8 Å². The molecular weight excluding hydrogens is 340 g/mol. The molecule has 5 nitrogen and oxygen atoms in total. The van der Waals surface area contributed by atoms with Crippen LogP contribution in [0.15, 0.2) is 36.5 Å². The van der Waals surface area contributed by atoms with Crippen molar-refractivity contribution in [1.82, 2.24) is 9.97 Å². The summed E-state index contributed by atoms with van der Waals surface area (Å²) in [5, 5.41) is 9.75. The fourth-order valence-electron chi connectivity index (χ4n) is 2.94. The summed E-state index contributed by atoms with van der Waals surface area (Å²) in [5.74, 6) is -0.782. The second-order valence-corrected chi connectivity index (χ2v) is 6.35. The number of nitrogens with zero attached hydrogens (tertiary/aromatic N) is 3. The van der Waals surface area contributed by atoms with Gasteiger partial charge in [-0.2, -0.15) is 0 Å². The number of hydrogen-bond donors (Lipinski definition) is 1. The third-order valence-corrected chi connectivity index (χ3v) is 4.45. The molecule has 2 aromatic carbocycles. The molecule has 0 spiro atoms. The maximum absolute atomic E-state index is 13.5. The fourth-order valence-corrected chi connectivity index (χ4v) is 2.94. The number of fused-ring (bicyclic) bond motifs is 1. The zero-order valence-corrected chi connectivity index (χ0v) is 14.1. The first-order chi connectivity index (χ1) is 12.5. The van der Waals surface area contributed by atoms with Crippen LogP contribution in [0.25, 0.3) is 11.0 Å². The van der Waals surface area contributed by atoms with Crippen LogP contribution in [0.5, 0.6) is 11.5 Å². The molecule has 134 valence electrons. The minimum atomic E-state index is -0.940. The van der Waals surface area contributed by atoms with E-state index < -0.39 is 11.6 Å². The van der Waals surface area contributed by atoms with Crippen molar-refractivity contribution in [2.45, 2.75) is 25.4 Å². The van der Waals surface area contributed by atoms with Crippen molar-refractivity contribution in [3.63, 3.8) is 0 Å². The van der Waals surface area contributed by atoms with Gasteiger partial charge in [0, 0.05) is 24.7 Å². The van der Waals surface area contributed by atoms with Crippen LogP contribution in [0.1, 0.15) is 18.4 Å². The Kier molecular flexibility index (Phi) is 4.06. The lowest BCUT2D eigenvalue weighted by Gasteiger charge is -2.24. The van der Waals surface area contributed by atoms with E-state index in [4.69, 9.17) is 4.74 Å². The van der Waals surface area contributed by atoms with E-state index in [9.17, 15) is 13.9 Å². The molecule has 1 aliphatic rings. The molecule has 0 unspecified atom stereocenters. The number of halogens is 2. The lowest BCUT2D eigenvalue weighted by molar-refractivity contribution is 0.373. The highest BCUT2D eigenvalue weighted by atomic mass is 19.2. The summed E-state index contributed by atoms with van der Waals surface area (Å²) < 4.78 is 32.0. The molecule has 1 heterocycles. The first kappa shape index (κ1) is 16.5. The van der Waals surface area contributed by atoms with Gasteiger partial charge < -0.3 is 14.7 Å². The Morgan fingerprint density at radius 3 is 2.58 bits per heavy atom. The van der Waals surface area contributed by atoms with E-state index in [-0.39, 0.29) is 5.75 Å². The lowest BCUT2D eigenvalue weighted by atomic mass is 10.2. The van der Waals surface area contributed by atoms with Gasteiger partial charge in [-0.3, -0.25) is 4.98 Å². The highest BCUT2D eigenvalue weighted by molar-refractivity contribution is 5.75. The van der Waals surface area contributed by atoms with E-state index >= 15 is 0 Å². The van der Waals surface area contributed by atoms with Crippen LogP contribution in [0.3, 0.4) is 0 Å². The van der Waals surface area contributed by atoms with E-state index in [1.165, 1.54) is 7.11 Å². The van der Waals surface area contributed by atoms with Crippen molar-refractivity contribution < 1.29 is 18.6 Å². The number of anilines is 1. The van der Waals surface area contributed by atoms with Crippen LogP contribution >= 0.6 is 0 Å². The number of aromatic hydroxyl groups is 1. The largest absolute Gasteiger partial charge is 0.504 e. The number of rotatable bonds is 5. The summed E-state index contributed by atoms with van der Waals surface area (Å²) in [6.45, 7) is 0.547. The molecule has 0 radical (unpaired) electrons. The Bertz CT molecular complexity index is 976. The summed E-state index contributed by atoms with van der Waals surface area (Å²) in [5.41, 5.74) is 1.57. The maximum atomic E-state index is 13.5. The summed E-state index contributed by atoms with van der Waals surface area (Å²) in [6, 6.07) is 7.62. The first-order valence-electron chi connectivity index (χ1n) is 8.29. The minimum absolute atomic E-state index is 0.0808. The smallest absolute Gasteiger partial charge is 0.161 e. The summed E-state index contributed by atoms with van der Waals surface area (Å²) in [7, 11) is 1.50. The Balaban J connectivity index is 1.68. The monoisotopic (exact) mass is 357 g/mol. The van der Waals surface area contributed by atoms with Gasteiger partial charge in [-0.15, -0.1) is 0 Å². The topological polar surface area (TPSA) is 58.5 Å². The normalized spacial score (nSPS) is 13.8. The molecule has 1 aliphatic carbocycles. The Morgan fingerprint density at radius 1 is 1.15 bits per heavy atom. The number of phenolic OH excluding ortho intramolecular Hbond substituents is 1. The van der Waals surface area contributed by atoms with Gasteiger partial charge in [0.15, 0.2) is 23.1 Å². The Labute approximate surface area is 148 Å². The number of ether oxygens (including phenoxy) is 1. The zero-order chi connectivity index (χ0) is 18.3. The molecule has 7 heteroatoms. The van der Waals surface area contributed by atoms with E-state index in [0.717, 1.165) is 30.5 Å². The molecule has 0 saturated heterocycles. The van der Waals surface area contributed by atoms with Crippen LogP contribution in [0.2, 0.25) is 0 Å². The van der Waals surface area contributed by atoms with Gasteiger partial charge in [0.2, 0.25) is 0 Å². The maximum Gasteiger partial charge on any atom is 0.161 e. The zero-order valence-electron chi connectivity index (χ0n) is 14.1. The number of phenols is 1. The van der Waals surface area contributed by atoms with Gasteiger partial charge in [0.25, 0.3) is 0 Å². The molecule has 1 fully saturated rings. The number of benzene rings is 2. The molecule has 0 bridgehead atoms. The molecular formula is C19H17F2N3O2. The molecule has 26 heavy (non-hydrogen) atoms. The summed E-state index contributed by atoms with van der Waals surface area (Å²) in [6.07, 6.45) is 3.65. The third-order valence-electron chi connectivity index (χ3n) is 4.45. The van der Waals surface area contributed by atoms with Crippen LogP contribution in [-0.4, -0.2) is 28.2 Å². The van der Waals surface area contributed by atoms with Crippen molar-refractivity contribution in [2.24, 2.45) is 0 Å². The van der Waals surface area contributed by atoms with Gasteiger partial charge >= 0.3 is 0 Å². The van der Waals surface area contributed by atoms with E-state index in [0.29, 0.717) is 35.2 Å². The molecule has 0 aliphatic heterocycles. The average Bonchev–Trinajstić information content (AvgIpc) is 3.46. The van der Waals surface area contributed by atoms with Crippen molar-refractivity contribution in [3.05, 3.63) is 53.7 Å². The number of methoxy groups -OCH3 is 1. The van der Waals surface area contributed by atoms with Crippen LogP contribution < -0.4 is 9.64 Å². The van der Waals surface area contributed by atoms with E-state index in [2.05, 4.69) is 14.9 Å². The second kappa shape index (κ2) is 6.40. The SMILES string of the molecule is COc1cc(CN(c2cnc3cc(F)c(F)cc3n2)C2CC2)ccc1O. The van der Waals surface area contributed by atoms with Gasteiger partial charge in [0.1, 0.15) is 5.82 Å². The average molecular weight is 357 g/mol. The van der Waals surface area contributed by atoms with Gasteiger partial charge in [-0.1, -0.05) is 6.07 Å². The van der Waals surface area contributed by atoms with Crippen molar-refractivity contribution in [2.75, 3.05) is 12.0 Å². The molecule has 3 aromatic rings. The highest BCUT2D eigenvalue weighted by Gasteiger charge is 2.30. The third kappa shape index (κ3) is 3.12. The van der Waals surface area contributed by atoms with E-state index in [1.807, 2.05) is 6.07 Å². The Hall–Kier alpha value is -2.96. The van der Waals surface area contributed by atoms with Crippen molar-refractivity contribution in [3.8, 4) is 11.5 Å². The Morgan fingerprint density at radius 2 is 1.88 bits per heavy atom. The van der Waals surface area contributed by atoms with Crippen molar-refractivity contribution >= 4 is 16.9 Å². The molecule has 1 N–H and O–H groups in total. The minimum Gasteiger partial charge on any atom is -0.504 e. The standard InChI is InChI=1S/C19H17F2N3O2/c1-26-18-6-11(2-5-17(18)25)10-24(12-3-4-12)19-9-22-15-7-13(20)14(21)8-16(15)23-19/h2,5-9,12,25H,3-4,10H2,1H3. The number of aromatic nitrogens is 2. The molecule has 0 amide bonds. The summed E-state index contributed by atoms with van der Waals surface area (Å²) >= 11 is 0. The predicted octanol–water partition coefficient (Wildman–Crippen LogP) is 3.79. The number of hydrogen-bond acceptors (Lipinski definition) is 5. The molecule has 1 aromatic heterocycles. The van der Waals surface area contributed by atoms with Crippen molar-refractivity contribution in [1.29, 1.82) is 0 Å². The van der Waals surface area contributed by atoms with Gasteiger partial charge in [0.05, 0.1) is 24.3 Å². The lowest BCUT2D eigenvalue weighted by Crippen LogP contribution is -2.26. The quantitative estimate of drug-likeness (QED) is 0.753. The van der Waals surface area contributed by atoms with E-state index in [1.54, 1.807) is 18.3 Å². The van der Waals surface area contributed by atoms with Crippen LogP contribution in [0.4, 0.5) is 14.6 Å². The molecule has 0 atom stereocenters.